The maximum atomic E-state index is 11.3. The van der Waals surface area contributed by atoms with Gasteiger partial charge in [-0.25, -0.2) is 13.6 Å². The standard InChI is InChI=1S/C16H20N4O3S2/c1-18-16(20-10-13-6-7-15(24-13)25(17,21)22)19-9-12-8-11-4-2-3-5-14(11)23-12/h2-7,12H,8-10H2,1H3,(H2,17,21,22)(H2,18,19,20). The summed E-state index contributed by atoms with van der Waals surface area (Å²) in [5.41, 5.74) is 1.21. The third-order valence-electron chi connectivity index (χ3n) is 3.78. The van der Waals surface area contributed by atoms with Crippen molar-refractivity contribution in [1.29, 1.82) is 0 Å². The molecule has 0 saturated heterocycles. The van der Waals surface area contributed by atoms with Crippen LogP contribution >= 0.6 is 11.3 Å². The minimum Gasteiger partial charge on any atom is -0.488 e. The molecule has 9 heteroatoms. The molecule has 0 spiro atoms. The van der Waals surface area contributed by atoms with Crippen LogP contribution in [0, 0.1) is 0 Å². The van der Waals surface area contributed by atoms with Gasteiger partial charge in [0.25, 0.3) is 0 Å². The van der Waals surface area contributed by atoms with Crippen LogP contribution in [0.15, 0.2) is 45.6 Å². The first-order chi connectivity index (χ1) is 12.0. The van der Waals surface area contributed by atoms with Gasteiger partial charge >= 0.3 is 0 Å². The first kappa shape index (κ1) is 17.7. The van der Waals surface area contributed by atoms with Crippen LogP contribution in [0.4, 0.5) is 0 Å². The van der Waals surface area contributed by atoms with Gasteiger partial charge in [-0.2, -0.15) is 0 Å². The van der Waals surface area contributed by atoms with Gasteiger partial charge in [-0.3, -0.25) is 4.99 Å². The van der Waals surface area contributed by atoms with Crippen LogP contribution < -0.4 is 20.5 Å². The van der Waals surface area contributed by atoms with E-state index in [1.165, 1.54) is 11.6 Å². The first-order valence-corrected chi connectivity index (χ1v) is 10.1. The SMILES string of the molecule is CN=C(NCc1ccc(S(N)(=O)=O)s1)NCC1Cc2ccccc2O1. The Morgan fingerprint density at radius 3 is 2.80 bits per heavy atom. The predicted octanol–water partition coefficient (Wildman–Crippen LogP) is 1.06. The van der Waals surface area contributed by atoms with Gasteiger partial charge < -0.3 is 15.4 Å². The van der Waals surface area contributed by atoms with Crippen LogP contribution in [0.3, 0.4) is 0 Å². The number of aliphatic imine (C=N–C) groups is 1. The molecule has 134 valence electrons. The number of thiophene rings is 1. The molecule has 1 unspecified atom stereocenters. The number of fused-ring (bicyclic) bond motifs is 1. The van der Waals surface area contributed by atoms with E-state index in [-0.39, 0.29) is 10.3 Å². The average Bonchev–Trinajstić information content (AvgIpc) is 3.21. The second-order valence-electron chi connectivity index (χ2n) is 5.62. The molecule has 7 nitrogen and oxygen atoms in total. The summed E-state index contributed by atoms with van der Waals surface area (Å²) < 4.78 is 28.6. The Labute approximate surface area is 151 Å². The number of hydrogen-bond donors (Lipinski definition) is 3. The third kappa shape index (κ3) is 4.50. The number of rotatable bonds is 5. The number of benzene rings is 1. The highest BCUT2D eigenvalue weighted by molar-refractivity contribution is 7.91. The highest BCUT2D eigenvalue weighted by Crippen LogP contribution is 2.27. The van der Waals surface area contributed by atoms with E-state index in [1.807, 2.05) is 18.2 Å². The van der Waals surface area contributed by atoms with Crippen LogP contribution in [-0.2, 0) is 23.0 Å². The lowest BCUT2D eigenvalue weighted by molar-refractivity contribution is 0.235. The highest BCUT2D eigenvalue weighted by Gasteiger charge is 2.22. The molecule has 1 aliphatic heterocycles. The predicted molar refractivity (Wildman–Crippen MR) is 98.5 cm³/mol. The summed E-state index contributed by atoms with van der Waals surface area (Å²) in [7, 11) is -1.96. The highest BCUT2D eigenvalue weighted by atomic mass is 32.2. The molecular weight excluding hydrogens is 360 g/mol. The van der Waals surface area contributed by atoms with Crippen LogP contribution in [0.5, 0.6) is 5.75 Å². The fourth-order valence-corrected chi connectivity index (χ4v) is 4.29. The number of hydrogen-bond acceptors (Lipinski definition) is 5. The second kappa shape index (κ2) is 7.42. The number of nitrogens with zero attached hydrogens (tertiary/aromatic N) is 1. The Morgan fingerprint density at radius 2 is 2.12 bits per heavy atom. The summed E-state index contributed by atoms with van der Waals surface area (Å²) in [5.74, 6) is 1.57. The molecule has 0 fully saturated rings. The Balaban J connectivity index is 1.48. The van der Waals surface area contributed by atoms with Gasteiger partial charge in [-0.15, -0.1) is 11.3 Å². The zero-order valence-corrected chi connectivity index (χ0v) is 15.4. The van der Waals surface area contributed by atoms with E-state index in [0.29, 0.717) is 19.0 Å². The average molecular weight is 380 g/mol. The summed E-state index contributed by atoms with van der Waals surface area (Å²) in [4.78, 5) is 5.03. The molecule has 0 amide bonds. The summed E-state index contributed by atoms with van der Waals surface area (Å²) >= 11 is 1.14. The van der Waals surface area contributed by atoms with Crippen molar-refractivity contribution >= 4 is 27.3 Å². The van der Waals surface area contributed by atoms with Gasteiger partial charge in [0.2, 0.25) is 10.0 Å². The zero-order chi connectivity index (χ0) is 17.9. The molecule has 1 aromatic carbocycles. The minimum atomic E-state index is -3.65. The molecule has 2 aromatic rings. The first-order valence-electron chi connectivity index (χ1n) is 7.76. The molecular formula is C16H20N4O3S2. The molecule has 0 radical (unpaired) electrons. The topological polar surface area (TPSA) is 106 Å². The smallest absolute Gasteiger partial charge is 0.247 e. The quantitative estimate of drug-likeness (QED) is 0.531. The maximum Gasteiger partial charge on any atom is 0.247 e. The second-order valence-corrected chi connectivity index (χ2v) is 8.58. The van der Waals surface area contributed by atoms with Crippen molar-refractivity contribution in [2.24, 2.45) is 10.1 Å². The van der Waals surface area contributed by atoms with Crippen molar-refractivity contribution in [3.05, 3.63) is 46.8 Å². The minimum absolute atomic E-state index is 0.0617. The van der Waals surface area contributed by atoms with E-state index in [2.05, 4.69) is 21.7 Å². The molecule has 2 heterocycles. The Hall–Kier alpha value is -2.10. The Kier molecular flexibility index (Phi) is 5.26. The van der Waals surface area contributed by atoms with Crippen molar-refractivity contribution in [3.63, 3.8) is 0 Å². The fourth-order valence-electron chi connectivity index (χ4n) is 2.58. The Bertz CT molecular complexity index is 852. The summed E-state index contributed by atoms with van der Waals surface area (Å²) in [6.07, 6.45) is 0.926. The largest absolute Gasteiger partial charge is 0.488 e. The van der Waals surface area contributed by atoms with E-state index >= 15 is 0 Å². The van der Waals surface area contributed by atoms with Crippen molar-refractivity contribution in [1.82, 2.24) is 10.6 Å². The normalized spacial score (nSPS) is 17.0. The number of guanidine groups is 1. The molecule has 0 aliphatic carbocycles. The van der Waals surface area contributed by atoms with Gasteiger partial charge in [0.05, 0.1) is 13.1 Å². The number of sulfonamides is 1. The van der Waals surface area contributed by atoms with Gasteiger partial charge in [-0.05, 0) is 23.8 Å². The van der Waals surface area contributed by atoms with Crippen LogP contribution in [0.2, 0.25) is 0 Å². The van der Waals surface area contributed by atoms with Crippen LogP contribution in [0.1, 0.15) is 10.4 Å². The molecule has 1 aliphatic rings. The van der Waals surface area contributed by atoms with Crippen LogP contribution in [0.25, 0.3) is 0 Å². The van der Waals surface area contributed by atoms with E-state index in [9.17, 15) is 8.42 Å². The molecule has 0 bridgehead atoms. The van der Waals surface area contributed by atoms with Crippen LogP contribution in [-0.4, -0.2) is 34.1 Å². The van der Waals surface area contributed by atoms with Crippen molar-refractivity contribution in [2.75, 3.05) is 13.6 Å². The molecule has 1 atom stereocenters. The number of primary sulfonamides is 1. The number of ether oxygens (including phenoxy) is 1. The molecule has 3 rings (SSSR count). The van der Waals surface area contributed by atoms with E-state index in [0.717, 1.165) is 28.4 Å². The van der Waals surface area contributed by atoms with Gasteiger partial charge in [0.1, 0.15) is 16.1 Å². The number of nitrogens with one attached hydrogen (secondary N) is 2. The van der Waals surface area contributed by atoms with Crippen molar-refractivity contribution in [3.8, 4) is 5.75 Å². The van der Waals surface area contributed by atoms with E-state index in [1.54, 1.807) is 13.1 Å². The molecule has 25 heavy (non-hydrogen) atoms. The monoisotopic (exact) mass is 380 g/mol. The number of para-hydroxylation sites is 1. The summed E-state index contributed by atoms with van der Waals surface area (Å²) in [6, 6.07) is 11.3. The molecule has 0 saturated carbocycles. The third-order valence-corrected chi connectivity index (χ3v) is 6.31. The van der Waals surface area contributed by atoms with Gasteiger partial charge in [-0.1, -0.05) is 18.2 Å². The van der Waals surface area contributed by atoms with Gasteiger partial charge in [0, 0.05) is 18.3 Å². The van der Waals surface area contributed by atoms with Crippen molar-refractivity contribution in [2.45, 2.75) is 23.3 Å². The van der Waals surface area contributed by atoms with E-state index in [4.69, 9.17) is 9.88 Å². The summed E-state index contributed by atoms with van der Waals surface area (Å²) in [6.45, 7) is 1.09. The Morgan fingerprint density at radius 1 is 1.32 bits per heavy atom. The fraction of sp³-hybridized carbons (Fsp3) is 0.312. The molecule has 1 aromatic heterocycles. The molecule has 4 N–H and O–H groups in total. The maximum absolute atomic E-state index is 11.3. The van der Waals surface area contributed by atoms with E-state index < -0.39 is 10.0 Å². The lowest BCUT2D eigenvalue weighted by atomic mass is 10.1. The lowest BCUT2D eigenvalue weighted by Crippen LogP contribution is -2.41. The zero-order valence-electron chi connectivity index (χ0n) is 13.7. The lowest BCUT2D eigenvalue weighted by Gasteiger charge is -2.15. The van der Waals surface area contributed by atoms with Crippen molar-refractivity contribution < 1.29 is 13.2 Å². The summed E-state index contributed by atoms with van der Waals surface area (Å²) in [5, 5.41) is 11.5. The van der Waals surface area contributed by atoms with Gasteiger partial charge in [0.15, 0.2) is 5.96 Å². The number of nitrogens with two attached hydrogens (primary N) is 1.